The fourth-order valence-electron chi connectivity index (χ4n) is 3.89. The Morgan fingerprint density at radius 3 is 2.61 bits per heavy atom. The molecule has 10 nitrogen and oxygen atoms in total. The van der Waals surface area contributed by atoms with E-state index in [0.29, 0.717) is 28.8 Å². The summed E-state index contributed by atoms with van der Waals surface area (Å²) in [5.74, 6) is 0.890. The predicted octanol–water partition coefficient (Wildman–Crippen LogP) is 6.32. The van der Waals surface area contributed by atoms with E-state index in [-0.39, 0.29) is 29.1 Å². The molecule has 0 saturated heterocycles. The number of aryl methyl sites for hydroxylation is 1. The van der Waals surface area contributed by atoms with Gasteiger partial charge in [-0.1, -0.05) is 12.1 Å². The van der Waals surface area contributed by atoms with Gasteiger partial charge < -0.3 is 19.9 Å². The molecule has 192 valence electrons. The average molecular weight is 645 g/mol. The van der Waals surface area contributed by atoms with Crippen molar-refractivity contribution in [2.75, 3.05) is 17.7 Å². The number of alkyl halides is 2. The van der Waals surface area contributed by atoms with Crippen LogP contribution in [0.3, 0.4) is 0 Å². The van der Waals surface area contributed by atoms with Gasteiger partial charge in [0.25, 0.3) is 6.43 Å². The quantitative estimate of drug-likeness (QED) is 0.149. The van der Waals surface area contributed by atoms with E-state index in [9.17, 15) is 14.0 Å². The molecule has 0 radical (unpaired) electrons. The summed E-state index contributed by atoms with van der Waals surface area (Å²) in [4.78, 5) is 17.2. The van der Waals surface area contributed by atoms with E-state index in [1.54, 1.807) is 43.9 Å². The number of anilines is 4. The maximum Gasteiger partial charge on any atom is 0.295 e. The molecule has 0 spiro atoms. The van der Waals surface area contributed by atoms with Crippen molar-refractivity contribution in [1.29, 1.82) is 5.26 Å². The predicted molar refractivity (Wildman–Crippen MR) is 151 cm³/mol. The fraction of sp³-hybridized carbons (Fsp3) is 0.125. The second-order valence-corrected chi connectivity index (χ2v) is 10.1. The van der Waals surface area contributed by atoms with Crippen LogP contribution < -0.4 is 15.4 Å². The number of pyridine rings is 2. The summed E-state index contributed by atoms with van der Waals surface area (Å²) in [6, 6.07) is 14.2. The molecule has 5 rings (SSSR count). The van der Waals surface area contributed by atoms with E-state index in [1.165, 1.54) is 4.34 Å². The molecule has 5 aromatic rings. The van der Waals surface area contributed by atoms with Crippen molar-refractivity contribution in [1.82, 2.24) is 28.8 Å². The maximum atomic E-state index is 13.9. The van der Waals surface area contributed by atoms with E-state index in [2.05, 4.69) is 30.6 Å². The number of nitrogens with zero attached hydrogens (tertiary/aromatic N) is 7. The first-order valence-electron chi connectivity index (χ1n) is 11.1. The zero-order chi connectivity index (χ0) is 26.8. The average Bonchev–Trinajstić information content (AvgIpc) is 3.52. The van der Waals surface area contributed by atoms with Crippen LogP contribution in [-0.2, 0) is 7.05 Å². The van der Waals surface area contributed by atoms with Gasteiger partial charge in [-0.05, 0) is 46.3 Å². The van der Waals surface area contributed by atoms with Gasteiger partial charge in [0, 0.05) is 18.7 Å². The Hall–Kier alpha value is -3.89. The highest BCUT2D eigenvalue weighted by atomic mass is 127. The number of halogens is 3. The molecule has 0 bridgehead atoms. The van der Waals surface area contributed by atoms with Gasteiger partial charge in [0.2, 0.25) is 0 Å². The molecule has 4 aromatic heterocycles. The number of fused-ring (bicyclic) bond motifs is 1. The van der Waals surface area contributed by atoms with E-state index in [1.807, 2.05) is 57.9 Å². The Balaban J connectivity index is 1.61. The first-order chi connectivity index (χ1) is 18.4. The standard InChI is InChI=1S/C24H19F2IN9OP/c1-35-12-29-11-17(35)13-6-7-15(18(8-13)37-2)31-16-9-20(32-19-5-3-4-14(10-28)30-19)33-23-21(16)34-24(22(25)26)36(23)38-27/h3-9,11-12,22,38H,1-2H3,(H2,30,31,32,33). The summed E-state index contributed by atoms with van der Waals surface area (Å²) in [5.41, 5.74) is 3.64. The van der Waals surface area contributed by atoms with Gasteiger partial charge in [-0.2, -0.15) is 5.26 Å². The molecular formula is C24H19F2IN9OP. The summed E-state index contributed by atoms with van der Waals surface area (Å²) in [7, 11) is 3.45. The summed E-state index contributed by atoms with van der Waals surface area (Å²) < 4.78 is 36.6. The minimum Gasteiger partial charge on any atom is -0.495 e. The Morgan fingerprint density at radius 1 is 1.08 bits per heavy atom. The summed E-state index contributed by atoms with van der Waals surface area (Å²) >= 11 is 2.02. The Labute approximate surface area is 230 Å². The molecule has 2 N–H and O–H groups in total. The minimum absolute atomic E-state index is 0.0573. The van der Waals surface area contributed by atoms with Crippen LogP contribution in [0.4, 0.5) is 31.8 Å². The van der Waals surface area contributed by atoms with Crippen LogP contribution in [0.1, 0.15) is 17.9 Å². The van der Waals surface area contributed by atoms with Crippen molar-refractivity contribution >= 4 is 62.6 Å². The van der Waals surface area contributed by atoms with E-state index in [4.69, 9.17) is 4.74 Å². The second-order valence-electron chi connectivity index (χ2n) is 7.99. The molecule has 1 unspecified atom stereocenters. The van der Waals surface area contributed by atoms with Gasteiger partial charge in [-0.15, -0.1) is 0 Å². The normalized spacial score (nSPS) is 11.4. The summed E-state index contributed by atoms with van der Waals surface area (Å²) in [6.45, 7) is 0. The number of rotatable bonds is 8. The van der Waals surface area contributed by atoms with Gasteiger partial charge in [-0.25, -0.2) is 28.7 Å². The number of hydrogen-bond donors (Lipinski definition) is 2. The highest BCUT2D eigenvalue weighted by molar-refractivity contribution is 14.2. The third-order valence-corrected chi connectivity index (χ3v) is 7.68. The first kappa shape index (κ1) is 25.7. The lowest BCUT2D eigenvalue weighted by atomic mass is 10.1. The van der Waals surface area contributed by atoms with Crippen LogP contribution >= 0.6 is 28.4 Å². The number of hydrogen-bond acceptors (Lipinski definition) is 8. The first-order valence-corrected chi connectivity index (χ1v) is 15.1. The summed E-state index contributed by atoms with van der Waals surface area (Å²) in [5, 5.41) is 15.5. The molecule has 0 aliphatic heterocycles. The van der Waals surface area contributed by atoms with Crippen LogP contribution in [0, 0.1) is 11.3 Å². The smallest absolute Gasteiger partial charge is 0.295 e. The number of benzene rings is 1. The molecule has 1 atom stereocenters. The molecule has 1 aromatic carbocycles. The van der Waals surface area contributed by atoms with Crippen LogP contribution in [0.2, 0.25) is 0 Å². The zero-order valence-corrected chi connectivity index (χ0v) is 23.1. The van der Waals surface area contributed by atoms with Crippen LogP contribution in [0.15, 0.2) is 55.0 Å². The van der Waals surface area contributed by atoms with Crippen molar-refractivity contribution < 1.29 is 13.5 Å². The van der Waals surface area contributed by atoms with Gasteiger partial charge >= 0.3 is 0 Å². The van der Waals surface area contributed by atoms with Crippen LogP contribution in [-0.4, -0.2) is 36.0 Å². The number of nitriles is 1. The van der Waals surface area contributed by atoms with E-state index in [0.717, 1.165) is 11.3 Å². The molecule has 0 saturated carbocycles. The summed E-state index contributed by atoms with van der Waals surface area (Å²) in [6.07, 6.45) is 0.628. The molecule has 0 aliphatic rings. The highest BCUT2D eigenvalue weighted by Gasteiger charge is 2.23. The monoisotopic (exact) mass is 645 g/mol. The lowest BCUT2D eigenvalue weighted by Gasteiger charge is -2.15. The number of aromatic nitrogens is 6. The Bertz CT molecular complexity index is 1680. The number of ether oxygens (including phenoxy) is 1. The SMILES string of the molecule is COc1cc(-c2cncn2C)ccc1Nc1cc(Nc2cccc(C#N)n2)nc2c1nc(C(F)F)n2PI. The Kier molecular flexibility index (Phi) is 7.35. The number of imidazole rings is 2. The lowest BCUT2D eigenvalue weighted by molar-refractivity contribution is 0.140. The molecule has 4 heterocycles. The molecule has 38 heavy (non-hydrogen) atoms. The van der Waals surface area contributed by atoms with Crippen molar-refractivity contribution in [2.45, 2.75) is 6.43 Å². The van der Waals surface area contributed by atoms with Crippen LogP contribution in [0.5, 0.6) is 5.75 Å². The molecule has 0 amide bonds. The van der Waals surface area contributed by atoms with E-state index >= 15 is 0 Å². The fourth-order valence-corrected chi connectivity index (χ4v) is 5.78. The van der Waals surface area contributed by atoms with Gasteiger partial charge in [-0.3, -0.25) is 4.34 Å². The topological polar surface area (TPSA) is 118 Å². The number of methoxy groups -OCH3 is 1. The largest absolute Gasteiger partial charge is 0.495 e. The van der Waals surface area contributed by atoms with Gasteiger partial charge in [0.1, 0.15) is 34.7 Å². The van der Waals surface area contributed by atoms with Gasteiger partial charge in [0.15, 0.2) is 11.5 Å². The molecule has 14 heteroatoms. The lowest BCUT2D eigenvalue weighted by Crippen LogP contribution is -2.02. The van der Waals surface area contributed by atoms with Crippen molar-refractivity contribution in [3.63, 3.8) is 0 Å². The molecule has 0 fully saturated rings. The van der Waals surface area contributed by atoms with Gasteiger partial charge in [0.05, 0.1) is 43.1 Å². The Morgan fingerprint density at radius 2 is 1.92 bits per heavy atom. The van der Waals surface area contributed by atoms with Crippen molar-refractivity contribution in [3.8, 4) is 23.1 Å². The molecular weight excluding hydrogens is 626 g/mol. The minimum atomic E-state index is -2.78. The second kappa shape index (κ2) is 10.8. The highest BCUT2D eigenvalue weighted by Crippen LogP contribution is 2.40. The van der Waals surface area contributed by atoms with Crippen molar-refractivity contribution in [2.24, 2.45) is 7.05 Å². The third kappa shape index (κ3) is 4.97. The van der Waals surface area contributed by atoms with E-state index < -0.39 is 6.43 Å². The molecule has 0 aliphatic carbocycles. The number of nitrogens with one attached hydrogen (secondary N) is 2. The van der Waals surface area contributed by atoms with Crippen LogP contribution in [0.25, 0.3) is 22.4 Å². The maximum absolute atomic E-state index is 13.9. The zero-order valence-electron chi connectivity index (χ0n) is 19.9. The van der Waals surface area contributed by atoms with Crippen molar-refractivity contribution in [3.05, 3.63) is 66.5 Å². The third-order valence-electron chi connectivity index (χ3n) is 5.62.